The first-order valence-electron chi connectivity index (χ1n) is 9.60. The molecule has 2 fully saturated rings. The Morgan fingerprint density at radius 3 is 2.54 bits per heavy atom. The molecule has 1 aromatic rings. The van der Waals surface area contributed by atoms with Gasteiger partial charge in [0.25, 0.3) is 0 Å². The number of pyridine rings is 1. The first-order chi connectivity index (χ1) is 13.3. The number of alkyl halides is 3. The standard InChI is InChI=1S/C19H24F3N3O3/c20-19(21,22)12-28-16-9-8-14(11-23-16)24-17(26)15-7-4-10-25(15)18(27)13-5-2-1-3-6-13/h8-9,11,13,15H,1-7,10,12H2,(H,24,26). The fourth-order valence-corrected chi connectivity index (χ4v) is 3.81. The van der Waals surface area contributed by atoms with E-state index in [1.54, 1.807) is 4.90 Å². The lowest BCUT2D eigenvalue weighted by Crippen LogP contribution is -2.46. The van der Waals surface area contributed by atoms with Gasteiger partial charge >= 0.3 is 6.18 Å². The van der Waals surface area contributed by atoms with E-state index in [0.29, 0.717) is 18.7 Å². The molecule has 28 heavy (non-hydrogen) atoms. The highest BCUT2D eigenvalue weighted by molar-refractivity contribution is 5.97. The van der Waals surface area contributed by atoms with Crippen molar-refractivity contribution in [2.45, 2.75) is 57.2 Å². The number of halogens is 3. The third kappa shape index (κ3) is 5.36. The van der Waals surface area contributed by atoms with Crippen molar-refractivity contribution in [2.24, 2.45) is 5.92 Å². The Kier molecular flexibility index (Phi) is 6.41. The number of ether oxygens (including phenoxy) is 1. The molecular weight excluding hydrogens is 375 g/mol. The highest BCUT2D eigenvalue weighted by Gasteiger charge is 2.37. The van der Waals surface area contributed by atoms with Crippen LogP contribution >= 0.6 is 0 Å². The van der Waals surface area contributed by atoms with Gasteiger partial charge in [-0.05, 0) is 31.7 Å². The van der Waals surface area contributed by atoms with Crippen LogP contribution in [0.25, 0.3) is 0 Å². The van der Waals surface area contributed by atoms with E-state index in [4.69, 9.17) is 0 Å². The van der Waals surface area contributed by atoms with Crippen molar-refractivity contribution in [1.29, 1.82) is 0 Å². The number of carbonyl (C=O) groups excluding carboxylic acids is 2. The van der Waals surface area contributed by atoms with Gasteiger partial charge < -0.3 is 15.0 Å². The molecule has 3 rings (SSSR count). The van der Waals surface area contributed by atoms with E-state index in [2.05, 4.69) is 15.0 Å². The van der Waals surface area contributed by atoms with E-state index in [-0.39, 0.29) is 23.6 Å². The maximum atomic E-state index is 12.8. The highest BCUT2D eigenvalue weighted by atomic mass is 19.4. The average Bonchev–Trinajstić information content (AvgIpc) is 3.17. The summed E-state index contributed by atoms with van der Waals surface area (Å²) < 4.78 is 41.0. The molecule has 1 unspecified atom stereocenters. The molecule has 1 atom stereocenters. The Morgan fingerprint density at radius 1 is 1.14 bits per heavy atom. The Morgan fingerprint density at radius 2 is 1.89 bits per heavy atom. The van der Waals surface area contributed by atoms with Crippen molar-refractivity contribution >= 4 is 17.5 Å². The number of hydrogen-bond donors (Lipinski definition) is 1. The first kappa shape index (κ1) is 20.4. The van der Waals surface area contributed by atoms with Gasteiger partial charge in [-0.3, -0.25) is 9.59 Å². The van der Waals surface area contributed by atoms with Crippen LogP contribution in [0.2, 0.25) is 0 Å². The summed E-state index contributed by atoms with van der Waals surface area (Å²) in [5, 5.41) is 2.70. The van der Waals surface area contributed by atoms with Gasteiger partial charge in [0.1, 0.15) is 6.04 Å². The number of likely N-dealkylation sites (tertiary alicyclic amines) is 1. The van der Waals surface area contributed by atoms with Crippen LogP contribution in [0, 0.1) is 5.92 Å². The minimum Gasteiger partial charge on any atom is -0.468 e. The van der Waals surface area contributed by atoms with Crippen LogP contribution in [-0.2, 0) is 9.59 Å². The molecule has 2 heterocycles. The lowest BCUT2D eigenvalue weighted by atomic mass is 9.88. The van der Waals surface area contributed by atoms with Crippen molar-refractivity contribution in [3.05, 3.63) is 18.3 Å². The molecule has 1 aliphatic heterocycles. The van der Waals surface area contributed by atoms with Crippen molar-refractivity contribution in [3.63, 3.8) is 0 Å². The first-order valence-corrected chi connectivity index (χ1v) is 9.60. The summed E-state index contributed by atoms with van der Waals surface area (Å²) in [6.07, 6.45) is 3.20. The molecule has 2 aliphatic rings. The number of aromatic nitrogens is 1. The summed E-state index contributed by atoms with van der Waals surface area (Å²) in [5.74, 6) is -0.405. The molecule has 9 heteroatoms. The average molecular weight is 399 g/mol. The number of carbonyl (C=O) groups is 2. The maximum Gasteiger partial charge on any atom is 0.422 e. The SMILES string of the molecule is O=C(Nc1ccc(OCC(F)(F)F)nc1)C1CCCN1C(=O)C1CCCCC1. The van der Waals surface area contributed by atoms with Crippen LogP contribution in [0.15, 0.2) is 18.3 Å². The summed E-state index contributed by atoms with van der Waals surface area (Å²) >= 11 is 0. The smallest absolute Gasteiger partial charge is 0.422 e. The molecule has 1 aliphatic carbocycles. The van der Waals surface area contributed by atoms with E-state index in [9.17, 15) is 22.8 Å². The number of rotatable bonds is 5. The molecule has 6 nitrogen and oxygen atoms in total. The zero-order chi connectivity index (χ0) is 20.1. The van der Waals surface area contributed by atoms with Crippen molar-refractivity contribution in [2.75, 3.05) is 18.5 Å². The summed E-state index contributed by atoms with van der Waals surface area (Å²) in [4.78, 5) is 30.9. The molecule has 0 radical (unpaired) electrons. The number of amides is 2. The van der Waals surface area contributed by atoms with Gasteiger partial charge in [-0.2, -0.15) is 13.2 Å². The molecule has 154 valence electrons. The number of hydrogen-bond acceptors (Lipinski definition) is 4. The third-order valence-electron chi connectivity index (χ3n) is 5.18. The summed E-state index contributed by atoms with van der Waals surface area (Å²) in [6.45, 7) is -0.845. The largest absolute Gasteiger partial charge is 0.468 e. The third-order valence-corrected chi connectivity index (χ3v) is 5.18. The minimum atomic E-state index is -4.44. The molecule has 0 aromatic carbocycles. The second kappa shape index (κ2) is 8.79. The lowest BCUT2D eigenvalue weighted by Gasteiger charge is -2.30. The molecule has 1 saturated carbocycles. The van der Waals surface area contributed by atoms with E-state index < -0.39 is 18.8 Å². The second-order valence-corrected chi connectivity index (χ2v) is 7.30. The van der Waals surface area contributed by atoms with Crippen LogP contribution in [0.5, 0.6) is 5.88 Å². The van der Waals surface area contributed by atoms with Crippen LogP contribution in [0.1, 0.15) is 44.9 Å². The van der Waals surface area contributed by atoms with E-state index in [0.717, 1.165) is 38.5 Å². The molecule has 0 spiro atoms. The van der Waals surface area contributed by atoms with Crippen molar-refractivity contribution in [3.8, 4) is 5.88 Å². The monoisotopic (exact) mass is 399 g/mol. The van der Waals surface area contributed by atoms with Crippen LogP contribution in [-0.4, -0.2) is 47.1 Å². The van der Waals surface area contributed by atoms with E-state index >= 15 is 0 Å². The zero-order valence-corrected chi connectivity index (χ0v) is 15.5. The van der Waals surface area contributed by atoms with Gasteiger partial charge in [-0.25, -0.2) is 4.98 Å². The number of nitrogens with one attached hydrogen (secondary N) is 1. The van der Waals surface area contributed by atoms with Gasteiger partial charge in [0.05, 0.1) is 11.9 Å². The van der Waals surface area contributed by atoms with Gasteiger partial charge in [0.2, 0.25) is 17.7 Å². The van der Waals surface area contributed by atoms with Gasteiger partial charge in [-0.15, -0.1) is 0 Å². The van der Waals surface area contributed by atoms with Crippen molar-refractivity contribution in [1.82, 2.24) is 9.88 Å². The van der Waals surface area contributed by atoms with Crippen LogP contribution < -0.4 is 10.1 Å². The molecule has 1 saturated heterocycles. The Labute approximate surface area is 161 Å². The lowest BCUT2D eigenvalue weighted by molar-refractivity contribution is -0.154. The van der Waals surface area contributed by atoms with Crippen molar-refractivity contribution < 1.29 is 27.5 Å². The molecule has 1 N–H and O–H groups in total. The Hall–Kier alpha value is -2.32. The number of nitrogens with zero attached hydrogens (tertiary/aromatic N) is 2. The predicted molar refractivity (Wildman–Crippen MR) is 95.7 cm³/mol. The molecule has 2 amide bonds. The maximum absolute atomic E-state index is 12.8. The quantitative estimate of drug-likeness (QED) is 0.822. The van der Waals surface area contributed by atoms with Gasteiger partial charge in [-0.1, -0.05) is 19.3 Å². The van der Waals surface area contributed by atoms with E-state index in [1.165, 1.54) is 18.3 Å². The fraction of sp³-hybridized carbons (Fsp3) is 0.632. The topological polar surface area (TPSA) is 71.5 Å². The highest BCUT2D eigenvalue weighted by Crippen LogP contribution is 2.29. The molecular formula is C19H24F3N3O3. The van der Waals surface area contributed by atoms with Crippen LogP contribution in [0.3, 0.4) is 0 Å². The number of anilines is 1. The zero-order valence-electron chi connectivity index (χ0n) is 15.5. The molecule has 0 bridgehead atoms. The summed E-state index contributed by atoms with van der Waals surface area (Å²) in [6, 6.07) is 2.18. The predicted octanol–water partition coefficient (Wildman–Crippen LogP) is 3.53. The van der Waals surface area contributed by atoms with Gasteiger partial charge in [0, 0.05) is 18.5 Å². The Bertz CT molecular complexity index is 688. The minimum absolute atomic E-state index is 0.00822. The second-order valence-electron chi connectivity index (χ2n) is 7.30. The summed E-state index contributed by atoms with van der Waals surface area (Å²) in [5.41, 5.74) is 0.348. The molecule has 1 aromatic heterocycles. The fourth-order valence-electron chi connectivity index (χ4n) is 3.81. The van der Waals surface area contributed by atoms with E-state index in [1.807, 2.05) is 0 Å². The van der Waals surface area contributed by atoms with Crippen LogP contribution in [0.4, 0.5) is 18.9 Å². The normalized spacial score (nSPS) is 20.8. The summed E-state index contributed by atoms with van der Waals surface area (Å²) in [7, 11) is 0. The van der Waals surface area contributed by atoms with Gasteiger partial charge in [0.15, 0.2) is 6.61 Å². The Balaban J connectivity index is 1.56.